The number of hydrogen-bond donors (Lipinski definition) is 0. The van der Waals surface area contributed by atoms with Gasteiger partial charge in [-0.25, -0.2) is 14.3 Å². The molecule has 8 nitrogen and oxygen atoms in total. The highest BCUT2D eigenvalue weighted by molar-refractivity contribution is 6.00. The number of ketones is 1. The lowest BCUT2D eigenvalue weighted by atomic mass is 10.1. The van der Waals surface area contributed by atoms with Crippen molar-refractivity contribution in [2.75, 3.05) is 6.61 Å². The molecule has 0 aliphatic rings. The first-order valence-corrected chi connectivity index (χ1v) is 9.91. The first kappa shape index (κ1) is 20.5. The van der Waals surface area contributed by atoms with Gasteiger partial charge in [0.2, 0.25) is 5.78 Å². The Hall–Kier alpha value is -3.81. The molecule has 0 saturated heterocycles. The first-order valence-electron chi connectivity index (χ1n) is 9.91. The van der Waals surface area contributed by atoms with Gasteiger partial charge in [-0.15, -0.1) is 5.10 Å². The van der Waals surface area contributed by atoms with E-state index in [0.717, 1.165) is 22.8 Å². The molecule has 0 bridgehead atoms. The third kappa shape index (κ3) is 3.72. The van der Waals surface area contributed by atoms with Crippen molar-refractivity contribution in [2.45, 2.75) is 34.6 Å². The molecule has 4 rings (SSSR count). The molecule has 1 aromatic carbocycles. The molecule has 0 saturated carbocycles. The van der Waals surface area contributed by atoms with Crippen LogP contribution >= 0.6 is 0 Å². The smallest absolute Gasteiger partial charge is 0.378 e. The second-order valence-corrected chi connectivity index (χ2v) is 7.62. The Balaban J connectivity index is 1.52. The highest BCUT2D eigenvalue weighted by Crippen LogP contribution is 2.23. The minimum absolute atomic E-state index is 0.129. The van der Waals surface area contributed by atoms with Crippen molar-refractivity contribution in [1.82, 2.24) is 24.1 Å². The number of ether oxygens (including phenoxy) is 1. The molecule has 4 aromatic rings. The summed E-state index contributed by atoms with van der Waals surface area (Å²) in [4.78, 5) is 33.3. The van der Waals surface area contributed by atoms with E-state index >= 15 is 0 Å². The molecular formula is C23H23N5O3. The van der Waals surface area contributed by atoms with Crippen LogP contribution in [0.25, 0.3) is 11.5 Å². The second-order valence-electron chi connectivity index (χ2n) is 7.62. The molecule has 0 unspecified atom stereocenters. The summed E-state index contributed by atoms with van der Waals surface area (Å²) in [7, 11) is 0. The predicted molar refractivity (Wildman–Crippen MR) is 115 cm³/mol. The Bertz CT molecular complexity index is 1330. The fourth-order valence-corrected chi connectivity index (χ4v) is 3.57. The lowest BCUT2D eigenvalue weighted by Gasteiger charge is -2.12. The van der Waals surface area contributed by atoms with Crippen LogP contribution in [0.4, 0.5) is 0 Å². The van der Waals surface area contributed by atoms with Crippen LogP contribution in [0, 0.1) is 34.6 Å². The van der Waals surface area contributed by atoms with Crippen molar-refractivity contribution >= 4 is 17.5 Å². The zero-order valence-electron chi connectivity index (χ0n) is 18.1. The van der Waals surface area contributed by atoms with E-state index in [1.165, 1.54) is 15.6 Å². The maximum atomic E-state index is 12.8. The van der Waals surface area contributed by atoms with Crippen LogP contribution in [0.15, 0.2) is 36.5 Å². The van der Waals surface area contributed by atoms with Crippen molar-refractivity contribution in [1.29, 1.82) is 0 Å². The second kappa shape index (κ2) is 7.79. The number of rotatable bonds is 5. The lowest BCUT2D eigenvalue weighted by molar-refractivity contribution is 0.0462. The molecule has 0 radical (unpaired) electrons. The molecule has 8 heteroatoms. The highest BCUT2D eigenvalue weighted by atomic mass is 16.5. The maximum Gasteiger partial charge on any atom is 0.378 e. The van der Waals surface area contributed by atoms with E-state index in [0.29, 0.717) is 11.3 Å². The van der Waals surface area contributed by atoms with Gasteiger partial charge in [0.1, 0.15) is 0 Å². The van der Waals surface area contributed by atoms with Crippen LogP contribution in [0.3, 0.4) is 0 Å². The number of benzene rings is 1. The van der Waals surface area contributed by atoms with Crippen LogP contribution in [0.2, 0.25) is 0 Å². The van der Waals surface area contributed by atoms with Crippen molar-refractivity contribution in [3.63, 3.8) is 0 Å². The number of carbonyl (C=O) groups is 2. The van der Waals surface area contributed by atoms with Gasteiger partial charge in [-0.1, -0.05) is 6.07 Å². The molecule has 158 valence electrons. The largest absolute Gasteiger partial charge is 0.451 e. The molecule has 0 fully saturated rings. The van der Waals surface area contributed by atoms with Gasteiger partial charge >= 0.3 is 5.97 Å². The van der Waals surface area contributed by atoms with Crippen molar-refractivity contribution in [3.05, 3.63) is 76.1 Å². The molecule has 0 atom stereocenters. The van der Waals surface area contributed by atoms with Gasteiger partial charge < -0.3 is 9.30 Å². The topological polar surface area (TPSA) is 91.4 Å². The summed E-state index contributed by atoms with van der Waals surface area (Å²) in [5, 5.41) is 4.11. The Morgan fingerprint density at radius 3 is 2.45 bits per heavy atom. The van der Waals surface area contributed by atoms with Crippen molar-refractivity contribution in [3.8, 4) is 5.69 Å². The molecule has 0 aliphatic carbocycles. The summed E-state index contributed by atoms with van der Waals surface area (Å²) in [6, 6.07) is 9.75. The average Bonchev–Trinajstić information content (AvgIpc) is 3.30. The highest BCUT2D eigenvalue weighted by Gasteiger charge is 2.21. The van der Waals surface area contributed by atoms with Gasteiger partial charge in [0, 0.05) is 34.5 Å². The molecule has 0 aliphatic heterocycles. The zero-order valence-corrected chi connectivity index (χ0v) is 18.1. The molecule has 3 heterocycles. The van der Waals surface area contributed by atoms with E-state index in [1.54, 1.807) is 12.3 Å². The molecule has 0 spiro atoms. The summed E-state index contributed by atoms with van der Waals surface area (Å²) < 4.78 is 8.68. The summed E-state index contributed by atoms with van der Waals surface area (Å²) in [6.45, 7) is 9.39. The fraction of sp³-hybridized carbons (Fsp3) is 0.261. The Morgan fingerprint density at radius 2 is 1.74 bits per heavy atom. The third-order valence-electron chi connectivity index (χ3n) is 5.43. The van der Waals surface area contributed by atoms with Gasteiger partial charge in [0.15, 0.2) is 6.61 Å². The minimum atomic E-state index is -0.763. The summed E-state index contributed by atoms with van der Waals surface area (Å²) in [5.41, 5.74) is 6.41. The first-order chi connectivity index (χ1) is 14.8. The van der Waals surface area contributed by atoms with E-state index < -0.39 is 12.6 Å². The number of aromatic nitrogens is 5. The number of carbonyl (C=O) groups excluding carboxylic acids is 2. The maximum absolute atomic E-state index is 12.8. The number of fused-ring (bicyclic) bond motifs is 1. The van der Waals surface area contributed by atoms with Gasteiger partial charge in [-0.3, -0.25) is 4.79 Å². The Kier molecular flexibility index (Phi) is 5.14. The summed E-state index contributed by atoms with van der Waals surface area (Å²) in [6.07, 6.45) is 1.59. The van der Waals surface area contributed by atoms with E-state index in [-0.39, 0.29) is 11.6 Å². The van der Waals surface area contributed by atoms with E-state index in [4.69, 9.17) is 4.74 Å². The average molecular weight is 417 g/mol. The fourth-order valence-electron chi connectivity index (χ4n) is 3.57. The van der Waals surface area contributed by atoms with Gasteiger partial charge in [-0.05, 0) is 70.0 Å². The number of aryl methyl sites for hydroxylation is 4. The quantitative estimate of drug-likeness (QED) is 0.365. The summed E-state index contributed by atoms with van der Waals surface area (Å²) >= 11 is 0. The third-order valence-corrected chi connectivity index (χ3v) is 5.43. The normalized spacial score (nSPS) is 11.1. The van der Waals surface area contributed by atoms with Crippen LogP contribution in [0.1, 0.15) is 49.2 Å². The standard InChI is InChI=1S/C23H23N5O3/c1-13-6-7-18(10-14(13)2)27-16(4)11-19(17(27)5)20(29)12-31-22(30)21-25-23-24-9-8-15(3)28(23)26-21/h6-11H,12H2,1-5H3. The lowest BCUT2D eigenvalue weighted by Crippen LogP contribution is -2.16. The van der Waals surface area contributed by atoms with Crippen molar-refractivity contribution in [2.24, 2.45) is 0 Å². The van der Waals surface area contributed by atoms with Crippen LogP contribution < -0.4 is 0 Å². The van der Waals surface area contributed by atoms with E-state index in [1.807, 2.05) is 37.5 Å². The number of Topliss-reactive ketones (excluding diaryl/α,β-unsaturated/α-hetero) is 1. The summed E-state index contributed by atoms with van der Waals surface area (Å²) in [5.74, 6) is -0.874. The molecule has 0 amide bonds. The number of nitrogens with zero attached hydrogens (tertiary/aromatic N) is 5. The SMILES string of the molecule is Cc1ccc(-n2c(C)cc(C(=O)COC(=O)c3nc4nccc(C)n4n3)c2C)cc1C. The van der Waals surface area contributed by atoms with Crippen molar-refractivity contribution < 1.29 is 14.3 Å². The molecule has 0 N–H and O–H groups in total. The van der Waals surface area contributed by atoms with E-state index in [2.05, 4.69) is 41.0 Å². The molecular weight excluding hydrogens is 394 g/mol. The predicted octanol–water partition coefficient (Wildman–Crippen LogP) is 3.50. The molecule has 3 aromatic heterocycles. The number of esters is 1. The van der Waals surface area contributed by atoms with Crippen LogP contribution in [0.5, 0.6) is 0 Å². The van der Waals surface area contributed by atoms with Gasteiger partial charge in [0.25, 0.3) is 11.6 Å². The zero-order chi connectivity index (χ0) is 22.3. The van der Waals surface area contributed by atoms with Gasteiger partial charge in [0.05, 0.1) is 0 Å². The molecule has 31 heavy (non-hydrogen) atoms. The van der Waals surface area contributed by atoms with Gasteiger partial charge in [-0.2, -0.15) is 4.98 Å². The van der Waals surface area contributed by atoms with Crippen LogP contribution in [-0.4, -0.2) is 42.5 Å². The Morgan fingerprint density at radius 1 is 0.968 bits per heavy atom. The Labute approximate surface area is 179 Å². The minimum Gasteiger partial charge on any atom is -0.451 e. The van der Waals surface area contributed by atoms with Crippen LogP contribution in [-0.2, 0) is 4.74 Å². The number of hydrogen-bond acceptors (Lipinski definition) is 6. The monoisotopic (exact) mass is 417 g/mol. The van der Waals surface area contributed by atoms with E-state index in [9.17, 15) is 9.59 Å².